The number of carboxylic acid groups (broad SMARTS) is 1. The van der Waals surface area contributed by atoms with Gasteiger partial charge < -0.3 is 14.8 Å². The Labute approximate surface area is 121 Å². The molecule has 2 heterocycles. The second-order valence-electron chi connectivity index (χ2n) is 4.32. The van der Waals surface area contributed by atoms with Crippen molar-refractivity contribution in [2.45, 2.75) is 25.8 Å². The number of thioether (sulfide) groups is 1. The third-order valence-corrected chi connectivity index (χ3v) is 3.57. The Hall–Kier alpha value is -1.76. The third kappa shape index (κ3) is 3.22. The Morgan fingerprint density at radius 3 is 3.00 bits per heavy atom. The molecule has 108 valence electrons. The average Bonchev–Trinajstić information content (AvgIpc) is 2.87. The van der Waals surface area contributed by atoms with Crippen LogP contribution in [0.4, 0.5) is 5.82 Å². The van der Waals surface area contributed by atoms with Crippen molar-refractivity contribution in [3.63, 3.8) is 0 Å². The molecule has 0 aliphatic heterocycles. The van der Waals surface area contributed by atoms with Crippen molar-refractivity contribution in [3.8, 4) is 0 Å². The maximum Gasteiger partial charge on any atom is 0.326 e. The van der Waals surface area contributed by atoms with Crippen molar-refractivity contribution in [3.05, 3.63) is 18.2 Å². The van der Waals surface area contributed by atoms with Crippen LogP contribution in [0, 0.1) is 0 Å². The summed E-state index contributed by atoms with van der Waals surface area (Å²) >= 11 is 1.61. The molecule has 1 atom stereocenters. The van der Waals surface area contributed by atoms with Gasteiger partial charge in [0.15, 0.2) is 11.4 Å². The van der Waals surface area contributed by atoms with E-state index in [4.69, 9.17) is 4.42 Å². The molecule has 0 radical (unpaired) electrons. The zero-order chi connectivity index (χ0) is 14.5. The fourth-order valence-corrected chi connectivity index (χ4v) is 2.31. The van der Waals surface area contributed by atoms with Crippen LogP contribution in [0.3, 0.4) is 0 Å². The van der Waals surface area contributed by atoms with Crippen molar-refractivity contribution in [1.29, 1.82) is 0 Å². The number of hydrogen-bond acceptors (Lipinski definition) is 6. The van der Waals surface area contributed by atoms with Crippen LogP contribution in [0.25, 0.3) is 11.1 Å². The Morgan fingerprint density at radius 1 is 1.55 bits per heavy atom. The number of furan rings is 1. The zero-order valence-corrected chi connectivity index (χ0v) is 12.2. The highest BCUT2D eigenvalue weighted by Gasteiger charge is 2.20. The first-order valence-corrected chi connectivity index (χ1v) is 7.76. The fraction of sp³-hybridized carbons (Fsp3) is 0.462. The first-order chi connectivity index (χ1) is 9.65. The minimum absolute atomic E-state index is 0.434. The van der Waals surface area contributed by atoms with Gasteiger partial charge in [-0.1, -0.05) is 6.92 Å². The highest BCUT2D eigenvalue weighted by atomic mass is 32.2. The molecule has 2 aromatic heterocycles. The van der Waals surface area contributed by atoms with E-state index in [0.29, 0.717) is 23.3 Å². The molecular weight excluding hydrogens is 278 g/mol. The van der Waals surface area contributed by atoms with Crippen molar-refractivity contribution < 1.29 is 14.3 Å². The van der Waals surface area contributed by atoms with E-state index < -0.39 is 12.0 Å². The number of aliphatic carboxylic acids is 1. The summed E-state index contributed by atoms with van der Waals surface area (Å²) in [6.07, 6.45) is 4.63. The molecule has 0 aliphatic rings. The quantitative estimate of drug-likeness (QED) is 0.810. The van der Waals surface area contributed by atoms with Gasteiger partial charge in [-0.05, 0) is 18.4 Å². The zero-order valence-electron chi connectivity index (χ0n) is 11.4. The summed E-state index contributed by atoms with van der Waals surface area (Å²) in [5.74, 6) is 1.10. The minimum atomic E-state index is -0.895. The van der Waals surface area contributed by atoms with Gasteiger partial charge in [0, 0.05) is 12.5 Å². The number of aromatic nitrogens is 2. The summed E-state index contributed by atoms with van der Waals surface area (Å²) in [6.45, 7) is 1.98. The Morgan fingerprint density at radius 2 is 2.35 bits per heavy atom. The molecule has 20 heavy (non-hydrogen) atoms. The molecule has 2 rings (SSSR count). The van der Waals surface area contributed by atoms with E-state index in [1.165, 1.54) is 6.33 Å². The molecule has 7 heteroatoms. The van der Waals surface area contributed by atoms with E-state index in [-0.39, 0.29) is 0 Å². The molecular formula is C13H17N3O3S. The highest BCUT2D eigenvalue weighted by molar-refractivity contribution is 7.98. The van der Waals surface area contributed by atoms with E-state index in [2.05, 4.69) is 15.3 Å². The molecule has 1 unspecified atom stereocenters. The SMILES string of the molecule is CCc1cc2ncnc(NC(CCSC)C(=O)O)c2o1. The topological polar surface area (TPSA) is 88.2 Å². The fourth-order valence-electron chi connectivity index (χ4n) is 1.84. The van der Waals surface area contributed by atoms with Crippen molar-refractivity contribution in [2.75, 3.05) is 17.3 Å². The van der Waals surface area contributed by atoms with E-state index in [0.717, 1.165) is 17.9 Å². The molecule has 6 nitrogen and oxygen atoms in total. The molecule has 0 spiro atoms. The number of fused-ring (bicyclic) bond motifs is 1. The van der Waals surface area contributed by atoms with E-state index in [1.54, 1.807) is 11.8 Å². The summed E-state index contributed by atoms with van der Waals surface area (Å²) in [6, 6.07) is 1.16. The van der Waals surface area contributed by atoms with Crippen LogP contribution in [0.5, 0.6) is 0 Å². The predicted octanol–water partition coefficient (Wildman–Crippen LogP) is 2.40. The monoisotopic (exact) mass is 295 g/mol. The van der Waals surface area contributed by atoms with Crippen LogP contribution in [0.2, 0.25) is 0 Å². The maximum atomic E-state index is 11.3. The molecule has 0 saturated carbocycles. The van der Waals surface area contributed by atoms with E-state index in [9.17, 15) is 9.90 Å². The molecule has 2 aromatic rings. The number of nitrogens with zero attached hydrogens (tertiary/aromatic N) is 2. The van der Waals surface area contributed by atoms with Gasteiger partial charge in [-0.25, -0.2) is 14.8 Å². The lowest BCUT2D eigenvalue weighted by atomic mass is 10.2. The lowest BCUT2D eigenvalue weighted by Crippen LogP contribution is -2.30. The average molecular weight is 295 g/mol. The van der Waals surface area contributed by atoms with Crippen molar-refractivity contribution >= 4 is 34.6 Å². The predicted molar refractivity (Wildman–Crippen MR) is 79.2 cm³/mol. The summed E-state index contributed by atoms with van der Waals surface area (Å²) < 4.78 is 5.65. The highest BCUT2D eigenvalue weighted by Crippen LogP contribution is 2.24. The van der Waals surface area contributed by atoms with Crippen LogP contribution in [0.15, 0.2) is 16.8 Å². The molecule has 2 N–H and O–H groups in total. The van der Waals surface area contributed by atoms with Gasteiger partial charge in [0.2, 0.25) is 0 Å². The number of carboxylic acids is 1. The molecule has 0 fully saturated rings. The van der Waals surface area contributed by atoms with Gasteiger partial charge in [-0.2, -0.15) is 11.8 Å². The van der Waals surface area contributed by atoms with Crippen LogP contribution in [-0.4, -0.2) is 39.1 Å². The summed E-state index contributed by atoms with van der Waals surface area (Å²) in [5.41, 5.74) is 1.20. The number of nitrogens with one attached hydrogen (secondary N) is 1. The number of anilines is 1. The first-order valence-electron chi connectivity index (χ1n) is 6.37. The van der Waals surface area contributed by atoms with Gasteiger partial charge in [-0.15, -0.1) is 0 Å². The Kier molecular flexibility index (Phi) is 4.84. The van der Waals surface area contributed by atoms with Crippen LogP contribution >= 0.6 is 11.8 Å². The first kappa shape index (κ1) is 14.6. The van der Waals surface area contributed by atoms with Crippen LogP contribution in [0.1, 0.15) is 19.1 Å². The van der Waals surface area contributed by atoms with Gasteiger partial charge >= 0.3 is 5.97 Å². The normalized spacial score (nSPS) is 12.5. The van der Waals surface area contributed by atoms with Gasteiger partial charge in [-0.3, -0.25) is 0 Å². The molecule has 0 bridgehead atoms. The molecule has 0 aliphatic carbocycles. The summed E-state index contributed by atoms with van der Waals surface area (Å²) in [5, 5.41) is 12.2. The standard InChI is InChI=1S/C13H17N3O3S/c1-3-8-6-10-11(19-8)12(15-7-14-10)16-9(13(17)18)4-5-20-2/h6-7,9H,3-5H2,1-2H3,(H,17,18)(H,14,15,16). The minimum Gasteiger partial charge on any atom is -0.480 e. The summed E-state index contributed by atoms with van der Waals surface area (Å²) in [7, 11) is 0. The number of carbonyl (C=O) groups is 1. The Balaban J connectivity index is 2.26. The second kappa shape index (κ2) is 6.60. The molecule has 0 saturated heterocycles. The van der Waals surface area contributed by atoms with Crippen molar-refractivity contribution in [1.82, 2.24) is 9.97 Å². The van der Waals surface area contributed by atoms with Gasteiger partial charge in [0.05, 0.1) is 0 Å². The molecule has 0 amide bonds. The smallest absolute Gasteiger partial charge is 0.326 e. The van der Waals surface area contributed by atoms with Gasteiger partial charge in [0.25, 0.3) is 0 Å². The third-order valence-electron chi connectivity index (χ3n) is 2.93. The number of rotatable bonds is 7. The second-order valence-corrected chi connectivity index (χ2v) is 5.31. The largest absolute Gasteiger partial charge is 0.480 e. The van der Waals surface area contributed by atoms with E-state index >= 15 is 0 Å². The van der Waals surface area contributed by atoms with E-state index in [1.807, 2.05) is 19.2 Å². The lowest BCUT2D eigenvalue weighted by molar-refractivity contribution is -0.137. The number of aryl methyl sites for hydroxylation is 1. The summed E-state index contributed by atoms with van der Waals surface area (Å²) in [4.78, 5) is 19.5. The van der Waals surface area contributed by atoms with Crippen LogP contribution in [-0.2, 0) is 11.2 Å². The van der Waals surface area contributed by atoms with Crippen molar-refractivity contribution in [2.24, 2.45) is 0 Å². The molecule has 0 aromatic carbocycles. The number of hydrogen-bond donors (Lipinski definition) is 2. The Bertz CT molecular complexity index is 600. The maximum absolute atomic E-state index is 11.3. The lowest BCUT2D eigenvalue weighted by Gasteiger charge is -2.14. The van der Waals surface area contributed by atoms with Gasteiger partial charge in [0.1, 0.15) is 23.6 Å². The van der Waals surface area contributed by atoms with Crippen LogP contribution < -0.4 is 5.32 Å².